The Balaban J connectivity index is 2.14. The maximum Gasteiger partial charge on any atom is 0.283 e. The lowest BCUT2D eigenvalue weighted by molar-refractivity contribution is 0.164. The van der Waals surface area contributed by atoms with E-state index in [1.165, 1.54) is 57.4 Å². The highest BCUT2D eigenvalue weighted by Gasteiger charge is 2.03. The molecule has 1 rings (SSSR count). The number of aromatic nitrogens is 1. The highest BCUT2D eigenvalue weighted by molar-refractivity contribution is 5.15. The van der Waals surface area contributed by atoms with Crippen molar-refractivity contribution in [2.75, 3.05) is 0 Å². The second-order valence-electron chi connectivity index (χ2n) is 5.75. The summed E-state index contributed by atoms with van der Waals surface area (Å²) >= 11 is 0. The summed E-state index contributed by atoms with van der Waals surface area (Å²) in [5, 5.41) is 9.65. The second-order valence-corrected chi connectivity index (χ2v) is 5.75. The molecule has 1 N–H and O–H groups in total. The van der Waals surface area contributed by atoms with E-state index in [0.29, 0.717) is 0 Å². The minimum atomic E-state index is -0.323. The molecule has 1 aromatic heterocycles. The van der Waals surface area contributed by atoms with Gasteiger partial charge in [0, 0.05) is 6.07 Å². The topological polar surface area (TPSA) is 42.2 Å². The van der Waals surface area contributed by atoms with Gasteiger partial charge in [-0.25, -0.2) is 0 Å². The molecule has 0 fully saturated rings. The van der Waals surface area contributed by atoms with Crippen LogP contribution in [0.4, 0.5) is 0 Å². The second kappa shape index (κ2) is 9.62. The van der Waals surface area contributed by atoms with E-state index < -0.39 is 0 Å². The monoisotopic (exact) mass is 279 g/mol. The molecule has 1 heterocycles. The van der Waals surface area contributed by atoms with E-state index in [2.05, 4.69) is 6.92 Å². The van der Waals surface area contributed by atoms with Crippen molar-refractivity contribution >= 4 is 0 Å². The first-order valence-corrected chi connectivity index (χ1v) is 8.07. The van der Waals surface area contributed by atoms with E-state index in [1.54, 1.807) is 0 Å². The molecule has 0 spiro atoms. The smallest absolute Gasteiger partial charge is 0.283 e. The Hall–Kier alpha value is -1.25. The van der Waals surface area contributed by atoms with Gasteiger partial charge in [-0.2, -0.15) is 4.73 Å². The first-order valence-electron chi connectivity index (χ1n) is 8.07. The van der Waals surface area contributed by atoms with Gasteiger partial charge in [0.2, 0.25) is 0 Å². The van der Waals surface area contributed by atoms with Crippen molar-refractivity contribution in [1.29, 1.82) is 0 Å². The number of unbranched alkanes of at least 4 members (excludes halogenated alkanes) is 8. The molecule has 0 bridgehead atoms. The predicted molar refractivity (Wildman–Crippen MR) is 83.6 cm³/mol. The molecule has 0 amide bonds. The van der Waals surface area contributed by atoms with Gasteiger partial charge in [0.15, 0.2) is 0 Å². The number of aryl methyl sites for hydroxylation is 2. The average Bonchev–Trinajstić information content (AvgIpc) is 2.42. The fraction of sp³-hybridized carbons (Fsp3) is 0.706. The van der Waals surface area contributed by atoms with Crippen LogP contribution in [-0.2, 0) is 6.42 Å². The van der Waals surface area contributed by atoms with Gasteiger partial charge in [-0.1, -0.05) is 58.3 Å². The van der Waals surface area contributed by atoms with Crippen LogP contribution in [-0.4, -0.2) is 9.94 Å². The number of pyridine rings is 1. The molecule has 0 aliphatic carbocycles. The summed E-state index contributed by atoms with van der Waals surface area (Å²) in [6.45, 7) is 4.13. The summed E-state index contributed by atoms with van der Waals surface area (Å²) in [5.41, 5.74) is 1.33. The van der Waals surface area contributed by atoms with Gasteiger partial charge in [-0.05, 0) is 31.4 Å². The summed E-state index contributed by atoms with van der Waals surface area (Å²) in [4.78, 5) is 11.4. The number of hydrogen-bond donors (Lipinski definition) is 1. The normalized spacial score (nSPS) is 10.9. The Morgan fingerprint density at radius 1 is 0.950 bits per heavy atom. The van der Waals surface area contributed by atoms with E-state index in [0.717, 1.165) is 28.8 Å². The molecule has 0 radical (unpaired) electrons. The third kappa shape index (κ3) is 6.27. The van der Waals surface area contributed by atoms with Gasteiger partial charge in [-0.15, -0.1) is 0 Å². The highest BCUT2D eigenvalue weighted by atomic mass is 16.5. The summed E-state index contributed by atoms with van der Waals surface area (Å²) in [5.74, 6) is 0. The van der Waals surface area contributed by atoms with Crippen LogP contribution in [0, 0.1) is 6.92 Å². The lowest BCUT2D eigenvalue weighted by atomic mass is 10.1. The molecule has 3 heteroatoms. The fourth-order valence-corrected chi connectivity index (χ4v) is 2.56. The number of hydrogen-bond acceptors (Lipinski definition) is 2. The van der Waals surface area contributed by atoms with Crippen molar-refractivity contribution in [3.05, 3.63) is 33.7 Å². The maximum atomic E-state index is 11.4. The zero-order chi connectivity index (χ0) is 14.8. The molecule has 0 aliphatic rings. The van der Waals surface area contributed by atoms with Crippen molar-refractivity contribution in [2.24, 2.45) is 0 Å². The molecule has 0 aliphatic heterocycles. The first kappa shape index (κ1) is 16.8. The molecular weight excluding hydrogens is 250 g/mol. The van der Waals surface area contributed by atoms with Crippen molar-refractivity contribution in [3.8, 4) is 0 Å². The Labute approximate surface area is 122 Å². The zero-order valence-corrected chi connectivity index (χ0v) is 13.0. The van der Waals surface area contributed by atoms with Gasteiger partial charge in [0.05, 0.1) is 5.69 Å². The molecule has 0 saturated carbocycles. The van der Waals surface area contributed by atoms with Gasteiger partial charge in [-0.3, -0.25) is 4.79 Å². The predicted octanol–water partition coefficient (Wildman–Crippen LogP) is 4.47. The zero-order valence-electron chi connectivity index (χ0n) is 13.0. The van der Waals surface area contributed by atoms with Crippen LogP contribution in [0.25, 0.3) is 0 Å². The van der Waals surface area contributed by atoms with Crippen LogP contribution < -0.4 is 5.56 Å². The maximum absolute atomic E-state index is 11.4. The van der Waals surface area contributed by atoms with Gasteiger partial charge >= 0.3 is 0 Å². The van der Waals surface area contributed by atoms with Gasteiger partial charge < -0.3 is 5.21 Å². The van der Waals surface area contributed by atoms with Crippen molar-refractivity contribution < 1.29 is 5.21 Å². The minimum absolute atomic E-state index is 0.323. The summed E-state index contributed by atoms with van der Waals surface area (Å²) in [7, 11) is 0. The standard InChI is InChI=1S/C17H29NO2/c1-3-4-5-6-7-8-9-10-11-12-16-13-15(2)14-17(19)18(16)20/h13-14,20H,3-12H2,1-2H3. The largest absolute Gasteiger partial charge is 0.425 e. The van der Waals surface area contributed by atoms with E-state index in [1.807, 2.05) is 13.0 Å². The number of nitrogens with zero attached hydrogens (tertiary/aromatic N) is 1. The molecule has 20 heavy (non-hydrogen) atoms. The van der Waals surface area contributed by atoms with Crippen LogP contribution in [0.15, 0.2) is 16.9 Å². The first-order chi connectivity index (χ1) is 9.65. The van der Waals surface area contributed by atoms with Crippen molar-refractivity contribution in [3.63, 3.8) is 0 Å². The van der Waals surface area contributed by atoms with Crippen LogP contribution in [0.5, 0.6) is 0 Å². The minimum Gasteiger partial charge on any atom is -0.425 e. The third-order valence-electron chi connectivity index (χ3n) is 3.76. The summed E-state index contributed by atoms with van der Waals surface area (Å²) in [6, 6.07) is 3.35. The lowest BCUT2D eigenvalue weighted by Gasteiger charge is -2.07. The quantitative estimate of drug-likeness (QED) is 0.507. The average molecular weight is 279 g/mol. The molecule has 0 aromatic carbocycles. The molecule has 0 atom stereocenters. The molecule has 0 saturated heterocycles. The SMILES string of the molecule is CCCCCCCCCCCc1cc(C)cc(=O)n1O. The van der Waals surface area contributed by atoms with E-state index in [9.17, 15) is 10.0 Å². The Kier molecular flexibility index (Phi) is 8.08. The Morgan fingerprint density at radius 2 is 1.50 bits per heavy atom. The summed E-state index contributed by atoms with van der Waals surface area (Å²) < 4.78 is 0.789. The van der Waals surface area contributed by atoms with Gasteiger partial charge in [0.1, 0.15) is 0 Å². The van der Waals surface area contributed by atoms with Crippen LogP contribution in [0.2, 0.25) is 0 Å². The number of rotatable bonds is 10. The molecule has 3 nitrogen and oxygen atoms in total. The van der Waals surface area contributed by atoms with Crippen LogP contribution in [0.3, 0.4) is 0 Å². The molecular formula is C17H29NO2. The summed E-state index contributed by atoms with van der Waals surface area (Å²) in [6.07, 6.45) is 12.3. The molecule has 1 aromatic rings. The van der Waals surface area contributed by atoms with Crippen molar-refractivity contribution in [1.82, 2.24) is 4.73 Å². The third-order valence-corrected chi connectivity index (χ3v) is 3.76. The molecule has 114 valence electrons. The van der Waals surface area contributed by atoms with Crippen LogP contribution in [0.1, 0.15) is 76.0 Å². The van der Waals surface area contributed by atoms with Gasteiger partial charge in [0.25, 0.3) is 5.56 Å². The molecule has 0 unspecified atom stereocenters. The van der Waals surface area contributed by atoms with E-state index in [4.69, 9.17) is 0 Å². The van der Waals surface area contributed by atoms with Crippen LogP contribution >= 0.6 is 0 Å². The highest BCUT2D eigenvalue weighted by Crippen LogP contribution is 2.11. The van der Waals surface area contributed by atoms with E-state index in [-0.39, 0.29) is 5.56 Å². The lowest BCUT2D eigenvalue weighted by Crippen LogP contribution is -2.20. The fourth-order valence-electron chi connectivity index (χ4n) is 2.56. The van der Waals surface area contributed by atoms with Crippen molar-refractivity contribution in [2.45, 2.75) is 78.1 Å². The Morgan fingerprint density at radius 3 is 2.10 bits per heavy atom. The Bertz CT molecular complexity index is 437. The van der Waals surface area contributed by atoms with E-state index >= 15 is 0 Å².